The number of hydrogen-bond donors (Lipinski definition) is 2. The minimum absolute atomic E-state index is 0.0445. The molecule has 0 saturated heterocycles. The smallest absolute Gasteiger partial charge is 0.257 e. The summed E-state index contributed by atoms with van der Waals surface area (Å²) in [4.78, 5) is 11.5. The maximum Gasteiger partial charge on any atom is 0.257 e. The SMILES string of the molecule is Cc1ccc(OCC(=O)NCCC(C)N)c(C)c1. The largest absolute Gasteiger partial charge is 0.484 e. The highest BCUT2D eigenvalue weighted by molar-refractivity contribution is 5.77. The van der Waals surface area contributed by atoms with E-state index in [0.29, 0.717) is 6.54 Å². The Morgan fingerprint density at radius 2 is 2.17 bits per heavy atom. The van der Waals surface area contributed by atoms with Crippen LogP contribution in [0.15, 0.2) is 18.2 Å². The summed E-state index contributed by atoms with van der Waals surface area (Å²) in [7, 11) is 0. The van der Waals surface area contributed by atoms with Crippen molar-refractivity contribution in [3.63, 3.8) is 0 Å². The van der Waals surface area contributed by atoms with Gasteiger partial charge in [-0.3, -0.25) is 4.79 Å². The van der Waals surface area contributed by atoms with Gasteiger partial charge in [0.15, 0.2) is 6.61 Å². The molecule has 0 aromatic heterocycles. The Balaban J connectivity index is 2.33. The molecule has 1 aromatic carbocycles. The normalized spacial score (nSPS) is 12.0. The van der Waals surface area contributed by atoms with Crippen LogP contribution in [0.2, 0.25) is 0 Å². The number of hydrogen-bond acceptors (Lipinski definition) is 3. The van der Waals surface area contributed by atoms with Gasteiger partial charge in [0.2, 0.25) is 0 Å². The molecule has 4 nitrogen and oxygen atoms in total. The van der Waals surface area contributed by atoms with E-state index in [1.165, 1.54) is 5.56 Å². The first-order valence-corrected chi connectivity index (χ1v) is 6.21. The number of carbonyl (C=O) groups is 1. The molecular weight excluding hydrogens is 228 g/mol. The van der Waals surface area contributed by atoms with E-state index in [4.69, 9.17) is 10.5 Å². The molecule has 4 heteroatoms. The predicted molar refractivity (Wildman–Crippen MR) is 72.7 cm³/mol. The Hall–Kier alpha value is -1.55. The van der Waals surface area contributed by atoms with E-state index in [2.05, 4.69) is 5.32 Å². The van der Waals surface area contributed by atoms with Crippen LogP contribution in [0.3, 0.4) is 0 Å². The second-order valence-electron chi connectivity index (χ2n) is 4.67. The number of nitrogens with two attached hydrogens (primary N) is 1. The molecule has 0 fully saturated rings. The van der Waals surface area contributed by atoms with Crippen LogP contribution in [0.4, 0.5) is 0 Å². The highest BCUT2D eigenvalue weighted by Gasteiger charge is 2.05. The van der Waals surface area contributed by atoms with Crippen molar-refractivity contribution in [2.45, 2.75) is 33.2 Å². The van der Waals surface area contributed by atoms with E-state index in [-0.39, 0.29) is 18.6 Å². The summed E-state index contributed by atoms with van der Waals surface area (Å²) in [5, 5.41) is 2.77. The van der Waals surface area contributed by atoms with Gasteiger partial charge in [-0.25, -0.2) is 0 Å². The van der Waals surface area contributed by atoms with Crippen molar-refractivity contribution in [1.29, 1.82) is 0 Å². The number of amides is 1. The second kappa shape index (κ2) is 7.01. The zero-order valence-corrected chi connectivity index (χ0v) is 11.3. The van der Waals surface area contributed by atoms with Crippen LogP contribution in [0.25, 0.3) is 0 Å². The average molecular weight is 250 g/mol. The van der Waals surface area contributed by atoms with E-state index in [1.54, 1.807) is 0 Å². The lowest BCUT2D eigenvalue weighted by molar-refractivity contribution is -0.123. The van der Waals surface area contributed by atoms with Gasteiger partial charge in [0, 0.05) is 12.6 Å². The van der Waals surface area contributed by atoms with Crippen LogP contribution >= 0.6 is 0 Å². The first-order chi connectivity index (χ1) is 8.49. The van der Waals surface area contributed by atoms with Crippen molar-refractivity contribution in [3.05, 3.63) is 29.3 Å². The molecule has 0 saturated carbocycles. The fourth-order valence-corrected chi connectivity index (χ4v) is 1.59. The zero-order chi connectivity index (χ0) is 13.5. The van der Waals surface area contributed by atoms with Crippen LogP contribution < -0.4 is 15.8 Å². The summed E-state index contributed by atoms with van der Waals surface area (Å²) < 4.78 is 5.47. The number of benzene rings is 1. The van der Waals surface area contributed by atoms with Gasteiger partial charge < -0.3 is 15.8 Å². The third kappa shape index (κ3) is 5.19. The summed E-state index contributed by atoms with van der Waals surface area (Å²) in [6.07, 6.45) is 0.773. The van der Waals surface area contributed by atoms with Gasteiger partial charge in [-0.15, -0.1) is 0 Å². The molecule has 0 spiro atoms. The van der Waals surface area contributed by atoms with Crippen molar-refractivity contribution >= 4 is 5.91 Å². The Morgan fingerprint density at radius 3 is 2.78 bits per heavy atom. The summed E-state index contributed by atoms with van der Waals surface area (Å²) in [5.41, 5.74) is 7.82. The van der Waals surface area contributed by atoms with Gasteiger partial charge in [-0.2, -0.15) is 0 Å². The first kappa shape index (κ1) is 14.5. The van der Waals surface area contributed by atoms with Gasteiger partial charge in [0.1, 0.15) is 5.75 Å². The van der Waals surface area contributed by atoms with Gasteiger partial charge >= 0.3 is 0 Å². The molecule has 0 bridgehead atoms. The monoisotopic (exact) mass is 250 g/mol. The molecule has 0 heterocycles. The molecule has 1 aromatic rings. The van der Waals surface area contributed by atoms with E-state index in [9.17, 15) is 4.79 Å². The topological polar surface area (TPSA) is 64.3 Å². The van der Waals surface area contributed by atoms with Crippen molar-refractivity contribution in [2.75, 3.05) is 13.2 Å². The quantitative estimate of drug-likeness (QED) is 0.805. The van der Waals surface area contributed by atoms with Gasteiger partial charge in [0.25, 0.3) is 5.91 Å². The summed E-state index contributed by atoms with van der Waals surface area (Å²) in [6, 6.07) is 5.99. The Labute approximate surface area is 109 Å². The molecule has 1 atom stereocenters. The fraction of sp³-hybridized carbons (Fsp3) is 0.500. The molecule has 1 unspecified atom stereocenters. The van der Waals surface area contributed by atoms with E-state index in [0.717, 1.165) is 17.7 Å². The van der Waals surface area contributed by atoms with Gasteiger partial charge in [-0.05, 0) is 38.8 Å². The lowest BCUT2D eigenvalue weighted by Crippen LogP contribution is -2.32. The van der Waals surface area contributed by atoms with Crippen molar-refractivity contribution < 1.29 is 9.53 Å². The minimum Gasteiger partial charge on any atom is -0.484 e. The molecule has 18 heavy (non-hydrogen) atoms. The van der Waals surface area contributed by atoms with Crippen LogP contribution in [-0.4, -0.2) is 25.1 Å². The zero-order valence-electron chi connectivity index (χ0n) is 11.3. The van der Waals surface area contributed by atoms with E-state index >= 15 is 0 Å². The van der Waals surface area contributed by atoms with Crippen molar-refractivity contribution in [3.8, 4) is 5.75 Å². The molecule has 0 aliphatic carbocycles. The third-order valence-electron chi connectivity index (χ3n) is 2.61. The van der Waals surface area contributed by atoms with Crippen LogP contribution in [-0.2, 0) is 4.79 Å². The number of ether oxygens (including phenoxy) is 1. The van der Waals surface area contributed by atoms with Gasteiger partial charge in [-0.1, -0.05) is 17.7 Å². The maximum absolute atomic E-state index is 11.5. The lowest BCUT2D eigenvalue weighted by atomic mass is 10.1. The highest BCUT2D eigenvalue weighted by Crippen LogP contribution is 2.18. The number of nitrogens with one attached hydrogen (secondary N) is 1. The molecule has 3 N–H and O–H groups in total. The maximum atomic E-state index is 11.5. The molecule has 100 valence electrons. The third-order valence-corrected chi connectivity index (χ3v) is 2.61. The van der Waals surface area contributed by atoms with E-state index in [1.807, 2.05) is 39.0 Å². The predicted octanol–water partition coefficient (Wildman–Crippen LogP) is 1.54. The molecular formula is C14H22N2O2. The van der Waals surface area contributed by atoms with Gasteiger partial charge in [0.05, 0.1) is 0 Å². The average Bonchev–Trinajstić information content (AvgIpc) is 2.27. The summed E-state index contributed by atoms with van der Waals surface area (Å²) in [5.74, 6) is 0.638. The van der Waals surface area contributed by atoms with Crippen LogP contribution in [0, 0.1) is 13.8 Å². The van der Waals surface area contributed by atoms with Crippen LogP contribution in [0.5, 0.6) is 5.75 Å². The van der Waals surface area contributed by atoms with Crippen LogP contribution in [0.1, 0.15) is 24.5 Å². The molecule has 1 rings (SSSR count). The minimum atomic E-state index is -0.115. The lowest BCUT2D eigenvalue weighted by Gasteiger charge is -2.10. The molecule has 1 amide bonds. The highest BCUT2D eigenvalue weighted by atomic mass is 16.5. The molecule has 0 radical (unpaired) electrons. The molecule has 0 aliphatic heterocycles. The van der Waals surface area contributed by atoms with E-state index < -0.39 is 0 Å². The van der Waals surface area contributed by atoms with Crippen molar-refractivity contribution in [2.24, 2.45) is 5.73 Å². The second-order valence-corrected chi connectivity index (χ2v) is 4.67. The summed E-state index contributed by atoms with van der Waals surface area (Å²) >= 11 is 0. The Morgan fingerprint density at radius 1 is 1.44 bits per heavy atom. The fourth-order valence-electron chi connectivity index (χ4n) is 1.59. The molecule has 0 aliphatic rings. The first-order valence-electron chi connectivity index (χ1n) is 6.21. The number of carbonyl (C=O) groups excluding carboxylic acids is 1. The Kier molecular flexibility index (Phi) is 5.65. The standard InChI is InChI=1S/C14H22N2O2/c1-10-4-5-13(11(2)8-10)18-9-14(17)16-7-6-12(3)15/h4-5,8,12H,6-7,9,15H2,1-3H3,(H,16,17). The van der Waals surface area contributed by atoms with Crippen molar-refractivity contribution in [1.82, 2.24) is 5.32 Å². The number of aryl methyl sites for hydroxylation is 2. The number of rotatable bonds is 6. The Bertz CT molecular complexity index is 403. The summed E-state index contributed by atoms with van der Waals surface area (Å²) in [6.45, 7) is 6.54.